The van der Waals surface area contributed by atoms with Gasteiger partial charge in [0.15, 0.2) is 0 Å². The Labute approximate surface area is 156 Å². The van der Waals surface area contributed by atoms with E-state index in [4.69, 9.17) is 0 Å². The van der Waals surface area contributed by atoms with Crippen LogP contribution in [0.2, 0.25) is 0 Å². The predicted molar refractivity (Wildman–Crippen MR) is 98.9 cm³/mol. The van der Waals surface area contributed by atoms with E-state index in [0.29, 0.717) is 5.56 Å². The number of nitrogens with one attached hydrogen (secondary N) is 1. The third-order valence-corrected chi connectivity index (χ3v) is 6.47. The molecule has 2 saturated heterocycles. The molecule has 26 heavy (non-hydrogen) atoms. The second-order valence-corrected chi connectivity index (χ2v) is 8.09. The summed E-state index contributed by atoms with van der Waals surface area (Å²) in [7, 11) is 0. The number of nitrogens with zero attached hydrogens (tertiary/aromatic N) is 1. The number of thiophene rings is 1. The lowest BCUT2D eigenvalue weighted by Gasteiger charge is -2.39. The molecule has 0 aliphatic carbocycles. The normalized spacial score (nSPS) is 24.5. The molecule has 3 atom stereocenters. The van der Waals surface area contributed by atoms with Crippen LogP contribution in [0.25, 0.3) is 0 Å². The van der Waals surface area contributed by atoms with Gasteiger partial charge in [-0.2, -0.15) is 0 Å². The average Bonchev–Trinajstić information content (AvgIpc) is 3.16. The molecule has 1 aromatic carbocycles. The summed E-state index contributed by atoms with van der Waals surface area (Å²) in [6, 6.07) is 7.98. The van der Waals surface area contributed by atoms with E-state index in [1.807, 2.05) is 23.3 Å². The van der Waals surface area contributed by atoms with E-state index in [1.54, 1.807) is 0 Å². The lowest BCUT2D eigenvalue weighted by molar-refractivity contribution is 0.0554. The number of rotatable bonds is 3. The summed E-state index contributed by atoms with van der Waals surface area (Å²) in [6.07, 6.45) is 3.53. The summed E-state index contributed by atoms with van der Waals surface area (Å²) in [4.78, 5) is 28.2. The van der Waals surface area contributed by atoms with Crippen LogP contribution in [0, 0.1) is 12.7 Å². The molecule has 2 amide bonds. The van der Waals surface area contributed by atoms with Crippen molar-refractivity contribution in [1.82, 2.24) is 10.2 Å². The SMILES string of the molecule is Cc1ccsc1C(=O)N1[C@@H]2CC[C@H]1CC(NC(=O)c1ccc(F)cc1)C2. The largest absolute Gasteiger partial charge is 0.349 e. The Morgan fingerprint density at radius 2 is 1.77 bits per heavy atom. The minimum Gasteiger partial charge on any atom is -0.349 e. The van der Waals surface area contributed by atoms with Gasteiger partial charge < -0.3 is 10.2 Å². The number of halogens is 1. The van der Waals surface area contributed by atoms with Crippen molar-refractivity contribution in [3.63, 3.8) is 0 Å². The number of carbonyl (C=O) groups is 2. The molecule has 2 aliphatic rings. The van der Waals surface area contributed by atoms with E-state index >= 15 is 0 Å². The molecule has 4 rings (SSSR count). The zero-order chi connectivity index (χ0) is 18.3. The van der Waals surface area contributed by atoms with Crippen molar-refractivity contribution in [3.05, 3.63) is 57.5 Å². The topological polar surface area (TPSA) is 49.4 Å². The number of amides is 2. The maximum absolute atomic E-state index is 13.0. The average molecular weight is 372 g/mol. The van der Waals surface area contributed by atoms with Crippen molar-refractivity contribution >= 4 is 23.2 Å². The van der Waals surface area contributed by atoms with E-state index in [9.17, 15) is 14.0 Å². The lowest BCUT2D eigenvalue weighted by Crippen LogP contribution is -2.52. The number of benzene rings is 1. The Kier molecular flexibility index (Phi) is 4.53. The van der Waals surface area contributed by atoms with Crippen LogP contribution in [0.1, 0.15) is 51.3 Å². The summed E-state index contributed by atoms with van der Waals surface area (Å²) in [5.74, 6) is -0.396. The van der Waals surface area contributed by atoms with Crippen LogP contribution in [-0.2, 0) is 0 Å². The second-order valence-electron chi connectivity index (χ2n) is 7.18. The van der Waals surface area contributed by atoms with Crippen LogP contribution >= 0.6 is 11.3 Å². The van der Waals surface area contributed by atoms with E-state index in [1.165, 1.54) is 35.6 Å². The molecule has 0 spiro atoms. The highest BCUT2D eigenvalue weighted by Crippen LogP contribution is 2.37. The van der Waals surface area contributed by atoms with Crippen LogP contribution in [-0.4, -0.2) is 34.8 Å². The molecule has 2 aliphatic heterocycles. The molecule has 1 aromatic heterocycles. The highest BCUT2D eigenvalue weighted by Gasteiger charge is 2.44. The maximum atomic E-state index is 13.0. The maximum Gasteiger partial charge on any atom is 0.264 e. The first-order chi connectivity index (χ1) is 12.5. The minimum absolute atomic E-state index is 0.0542. The van der Waals surface area contributed by atoms with Crippen molar-refractivity contribution in [1.29, 1.82) is 0 Å². The van der Waals surface area contributed by atoms with Crippen molar-refractivity contribution in [2.24, 2.45) is 0 Å². The quantitative estimate of drug-likeness (QED) is 0.892. The smallest absolute Gasteiger partial charge is 0.264 e. The standard InChI is InChI=1S/C20H21FN2O2S/c1-12-8-9-26-18(12)20(25)23-16-6-7-17(23)11-15(10-16)22-19(24)13-2-4-14(21)5-3-13/h2-5,8-9,15-17H,6-7,10-11H2,1H3,(H,22,24)/t15?,16-,17+. The summed E-state index contributed by atoms with van der Waals surface area (Å²) in [5, 5.41) is 5.02. The zero-order valence-electron chi connectivity index (χ0n) is 14.6. The fraction of sp³-hybridized carbons (Fsp3) is 0.400. The molecule has 6 heteroatoms. The minimum atomic E-state index is -0.352. The Hall–Kier alpha value is -2.21. The van der Waals surface area contributed by atoms with Gasteiger partial charge in [-0.15, -0.1) is 11.3 Å². The lowest BCUT2D eigenvalue weighted by atomic mass is 9.96. The molecule has 1 unspecified atom stereocenters. The monoisotopic (exact) mass is 372 g/mol. The number of aryl methyl sites for hydroxylation is 1. The Morgan fingerprint density at radius 3 is 2.35 bits per heavy atom. The first kappa shape index (κ1) is 17.2. The van der Waals surface area contributed by atoms with Crippen LogP contribution in [0.4, 0.5) is 4.39 Å². The highest BCUT2D eigenvalue weighted by molar-refractivity contribution is 7.12. The summed E-state index contributed by atoms with van der Waals surface area (Å²) in [6.45, 7) is 1.97. The van der Waals surface area contributed by atoms with Gasteiger partial charge in [-0.3, -0.25) is 9.59 Å². The molecular formula is C20H21FN2O2S. The molecule has 0 radical (unpaired) electrons. The molecule has 0 saturated carbocycles. The third kappa shape index (κ3) is 3.14. The van der Waals surface area contributed by atoms with Gasteiger partial charge >= 0.3 is 0 Å². The molecule has 4 nitrogen and oxygen atoms in total. The van der Waals surface area contributed by atoms with Gasteiger partial charge in [0.1, 0.15) is 5.82 Å². The molecule has 2 aromatic rings. The number of hydrogen-bond donors (Lipinski definition) is 1. The van der Waals surface area contributed by atoms with Gasteiger partial charge in [0.25, 0.3) is 11.8 Å². The zero-order valence-corrected chi connectivity index (χ0v) is 15.4. The Balaban J connectivity index is 1.43. The number of piperidine rings is 1. The number of fused-ring (bicyclic) bond motifs is 2. The van der Waals surface area contributed by atoms with Gasteiger partial charge in [0.2, 0.25) is 0 Å². The number of carbonyl (C=O) groups excluding carboxylic acids is 2. The van der Waals surface area contributed by atoms with Crippen LogP contribution < -0.4 is 5.32 Å². The summed E-state index contributed by atoms with van der Waals surface area (Å²) >= 11 is 1.50. The fourth-order valence-corrected chi connectivity index (χ4v) is 5.07. The van der Waals surface area contributed by atoms with Crippen molar-refractivity contribution < 1.29 is 14.0 Å². The first-order valence-electron chi connectivity index (χ1n) is 8.96. The van der Waals surface area contributed by atoms with Gasteiger partial charge in [0, 0.05) is 23.7 Å². The molecule has 1 N–H and O–H groups in total. The van der Waals surface area contributed by atoms with Crippen LogP contribution in [0.3, 0.4) is 0 Å². The summed E-state index contributed by atoms with van der Waals surface area (Å²) < 4.78 is 13.0. The van der Waals surface area contributed by atoms with Crippen LogP contribution in [0.15, 0.2) is 35.7 Å². The molecule has 2 bridgehead atoms. The molecule has 136 valence electrons. The van der Waals surface area contributed by atoms with E-state index in [-0.39, 0.29) is 35.8 Å². The second kappa shape index (κ2) is 6.83. The van der Waals surface area contributed by atoms with Gasteiger partial charge in [-0.1, -0.05) is 0 Å². The van der Waals surface area contributed by atoms with E-state index in [0.717, 1.165) is 36.1 Å². The number of hydrogen-bond acceptors (Lipinski definition) is 3. The van der Waals surface area contributed by atoms with Crippen molar-refractivity contribution in [3.8, 4) is 0 Å². The highest BCUT2D eigenvalue weighted by atomic mass is 32.1. The Bertz CT molecular complexity index is 819. The first-order valence-corrected chi connectivity index (χ1v) is 9.84. The van der Waals surface area contributed by atoms with Crippen LogP contribution in [0.5, 0.6) is 0 Å². The molecule has 3 heterocycles. The molecular weight excluding hydrogens is 351 g/mol. The summed E-state index contributed by atoms with van der Waals surface area (Å²) in [5.41, 5.74) is 1.50. The van der Waals surface area contributed by atoms with Crippen molar-refractivity contribution in [2.75, 3.05) is 0 Å². The predicted octanol–water partition coefficient (Wildman–Crippen LogP) is 3.76. The van der Waals surface area contributed by atoms with E-state index < -0.39 is 0 Å². The van der Waals surface area contributed by atoms with Gasteiger partial charge in [-0.25, -0.2) is 4.39 Å². The fourth-order valence-electron chi connectivity index (χ4n) is 4.21. The van der Waals surface area contributed by atoms with E-state index in [2.05, 4.69) is 5.32 Å². The van der Waals surface area contributed by atoms with Gasteiger partial charge in [0.05, 0.1) is 4.88 Å². The molecule has 2 fully saturated rings. The van der Waals surface area contributed by atoms with Gasteiger partial charge in [-0.05, 0) is 73.9 Å². The van der Waals surface area contributed by atoms with Crippen molar-refractivity contribution in [2.45, 2.75) is 50.7 Å². The third-order valence-electron chi connectivity index (χ3n) is 5.47. The Morgan fingerprint density at radius 1 is 1.12 bits per heavy atom.